The largest absolute Gasteiger partial charge is 0.367 e. The Labute approximate surface area is 95.4 Å². The van der Waals surface area contributed by atoms with Crippen LogP contribution in [0.4, 0.5) is 16.2 Å². The topological polar surface area (TPSA) is 115 Å². The zero-order valence-electron chi connectivity index (χ0n) is 8.72. The third kappa shape index (κ3) is 2.84. The minimum absolute atomic E-state index is 0.0625. The molecule has 0 fully saturated rings. The van der Waals surface area contributed by atoms with E-state index >= 15 is 0 Å². The van der Waals surface area contributed by atoms with Crippen molar-refractivity contribution in [3.63, 3.8) is 0 Å². The molecule has 0 spiro atoms. The minimum atomic E-state index is -0.561. The normalized spacial score (nSPS) is 10.2. The number of rotatable bonds is 5. The summed E-state index contributed by atoms with van der Waals surface area (Å²) >= 11 is 0. The lowest BCUT2D eigenvalue weighted by atomic mass is 10.4. The Hall–Kier alpha value is -2.29. The smallest absolute Gasteiger partial charge is 0.239 e. The maximum Gasteiger partial charge on any atom is 0.239 e. The summed E-state index contributed by atoms with van der Waals surface area (Å²) in [6, 6.07) is 0. The van der Waals surface area contributed by atoms with Crippen molar-refractivity contribution in [2.75, 3.05) is 17.3 Å². The van der Waals surface area contributed by atoms with Crippen molar-refractivity contribution in [1.29, 1.82) is 0 Å². The molecule has 9 heteroatoms. The lowest BCUT2D eigenvalue weighted by molar-refractivity contribution is 0.379. The van der Waals surface area contributed by atoms with Crippen molar-refractivity contribution in [1.82, 2.24) is 20.1 Å². The number of nitrogens with zero attached hydrogens (tertiary/aromatic N) is 4. The molecule has 2 aromatic heterocycles. The zero-order valence-corrected chi connectivity index (χ0v) is 8.72. The Morgan fingerprint density at radius 2 is 2.29 bits per heavy atom. The average Bonchev–Trinajstić information content (AvgIpc) is 2.84. The van der Waals surface area contributed by atoms with Crippen LogP contribution in [0.15, 0.2) is 17.0 Å². The van der Waals surface area contributed by atoms with E-state index in [1.807, 2.05) is 0 Å². The van der Waals surface area contributed by atoms with E-state index in [1.54, 1.807) is 0 Å². The third-order valence-corrected chi connectivity index (χ3v) is 1.91. The summed E-state index contributed by atoms with van der Waals surface area (Å²) in [5.41, 5.74) is 2.23. The Morgan fingerprint density at radius 3 is 3.00 bits per heavy atom. The molecule has 2 aromatic rings. The van der Waals surface area contributed by atoms with Gasteiger partial charge in [-0.05, 0) is 0 Å². The fourth-order valence-corrected chi connectivity index (χ4v) is 1.15. The number of nitrogen functional groups attached to an aromatic ring is 1. The molecule has 17 heavy (non-hydrogen) atoms. The summed E-state index contributed by atoms with van der Waals surface area (Å²) in [4.78, 5) is 11.2. The van der Waals surface area contributed by atoms with Gasteiger partial charge in [-0.1, -0.05) is 5.16 Å². The molecule has 0 amide bonds. The van der Waals surface area contributed by atoms with E-state index in [-0.39, 0.29) is 11.8 Å². The van der Waals surface area contributed by atoms with E-state index in [2.05, 4.69) is 30.9 Å². The maximum atomic E-state index is 13.3. The Morgan fingerprint density at radius 1 is 1.41 bits per heavy atom. The summed E-state index contributed by atoms with van der Waals surface area (Å²) in [7, 11) is 0. The van der Waals surface area contributed by atoms with Crippen molar-refractivity contribution < 1.29 is 8.91 Å². The first-order chi connectivity index (χ1) is 8.29. The molecule has 90 valence electrons. The summed E-state index contributed by atoms with van der Waals surface area (Å²) in [5.74, 6) is 5.21. The van der Waals surface area contributed by atoms with Gasteiger partial charge in [0.2, 0.25) is 11.8 Å². The molecular formula is C8H10FN7O. The van der Waals surface area contributed by atoms with Gasteiger partial charge in [-0.25, -0.2) is 15.2 Å². The van der Waals surface area contributed by atoms with Crippen LogP contribution in [0.3, 0.4) is 0 Å². The van der Waals surface area contributed by atoms with Gasteiger partial charge < -0.3 is 9.84 Å². The van der Waals surface area contributed by atoms with Crippen LogP contribution in [0, 0.1) is 5.82 Å². The SMILES string of the molecule is NNc1ncc(F)c(NCCc2ncno2)n1. The van der Waals surface area contributed by atoms with Crippen molar-refractivity contribution >= 4 is 11.8 Å². The van der Waals surface area contributed by atoms with Gasteiger partial charge in [0.1, 0.15) is 0 Å². The summed E-state index contributed by atoms with van der Waals surface area (Å²) < 4.78 is 18.1. The highest BCUT2D eigenvalue weighted by Gasteiger charge is 2.06. The molecular weight excluding hydrogens is 229 g/mol. The number of hydrazine groups is 1. The van der Waals surface area contributed by atoms with Gasteiger partial charge in [0.05, 0.1) is 6.20 Å². The number of hydrogen-bond acceptors (Lipinski definition) is 8. The van der Waals surface area contributed by atoms with Crippen LogP contribution in [0.25, 0.3) is 0 Å². The van der Waals surface area contributed by atoms with Crippen LogP contribution in [0.5, 0.6) is 0 Å². The highest BCUT2D eigenvalue weighted by Crippen LogP contribution is 2.10. The molecule has 0 radical (unpaired) electrons. The van der Waals surface area contributed by atoms with Crippen molar-refractivity contribution in [2.24, 2.45) is 5.84 Å². The van der Waals surface area contributed by atoms with E-state index in [0.717, 1.165) is 6.20 Å². The highest BCUT2D eigenvalue weighted by molar-refractivity contribution is 5.40. The maximum absolute atomic E-state index is 13.3. The molecule has 0 atom stereocenters. The van der Waals surface area contributed by atoms with Gasteiger partial charge in [-0.3, -0.25) is 5.43 Å². The minimum Gasteiger partial charge on any atom is -0.367 e. The molecule has 0 saturated carbocycles. The molecule has 2 heterocycles. The fourth-order valence-electron chi connectivity index (χ4n) is 1.15. The number of halogens is 1. The first-order valence-corrected chi connectivity index (χ1v) is 4.78. The second-order valence-electron chi connectivity index (χ2n) is 3.05. The molecule has 0 aliphatic heterocycles. The van der Waals surface area contributed by atoms with Gasteiger partial charge in [-0.15, -0.1) is 0 Å². The van der Waals surface area contributed by atoms with Gasteiger partial charge in [0.15, 0.2) is 18.0 Å². The second-order valence-corrected chi connectivity index (χ2v) is 3.05. The van der Waals surface area contributed by atoms with Gasteiger partial charge in [0, 0.05) is 13.0 Å². The molecule has 4 N–H and O–H groups in total. The predicted molar refractivity (Wildman–Crippen MR) is 56.3 cm³/mol. The van der Waals surface area contributed by atoms with E-state index < -0.39 is 5.82 Å². The summed E-state index contributed by atoms with van der Waals surface area (Å²) in [6.45, 7) is 0.403. The lowest BCUT2D eigenvalue weighted by Crippen LogP contribution is -2.14. The van der Waals surface area contributed by atoms with E-state index in [9.17, 15) is 4.39 Å². The molecule has 0 aliphatic rings. The molecule has 2 rings (SSSR count). The number of nitrogens with one attached hydrogen (secondary N) is 2. The molecule has 0 aliphatic carbocycles. The first kappa shape index (κ1) is 11.2. The van der Waals surface area contributed by atoms with Gasteiger partial charge >= 0.3 is 0 Å². The first-order valence-electron chi connectivity index (χ1n) is 4.78. The number of anilines is 2. The molecule has 0 aromatic carbocycles. The van der Waals surface area contributed by atoms with Crippen LogP contribution in [-0.4, -0.2) is 26.7 Å². The van der Waals surface area contributed by atoms with Crippen molar-refractivity contribution in [3.8, 4) is 0 Å². The zero-order chi connectivity index (χ0) is 12.1. The van der Waals surface area contributed by atoms with Gasteiger partial charge in [0.25, 0.3) is 0 Å². The monoisotopic (exact) mass is 239 g/mol. The number of hydrogen-bond donors (Lipinski definition) is 3. The van der Waals surface area contributed by atoms with E-state index in [1.165, 1.54) is 6.33 Å². The van der Waals surface area contributed by atoms with Crippen molar-refractivity contribution in [2.45, 2.75) is 6.42 Å². The molecule has 0 saturated heterocycles. The highest BCUT2D eigenvalue weighted by atomic mass is 19.1. The standard InChI is InChI=1S/C8H10FN7O/c9-5-3-12-8(16-10)15-7(5)11-2-1-6-13-4-14-17-6/h3-4H,1-2,10H2,(H2,11,12,15,16). The second kappa shape index (κ2) is 5.16. The summed E-state index contributed by atoms with van der Waals surface area (Å²) in [6.07, 6.45) is 2.79. The van der Waals surface area contributed by atoms with Crippen molar-refractivity contribution in [3.05, 3.63) is 24.2 Å². The van der Waals surface area contributed by atoms with E-state index in [0.29, 0.717) is 18.9 Å². The molecule has 8 nitrogen and oxygen atoms in total. The quantitative estimate of drug-likeness (QED) is 0.491. The van der Waals surface area contributed by atoms with Crippen LogP contribution < -0.4 is 16.6 Å². The van der Waals surface area contributed by atoms with Crippen LogP contribution in [-0.2, 0) is 6.42 Å². The Balaban J connectivity index is 1.94. The lowest BCUT2D eigenvalue weighted by Gasteiger charge is -2.06. The van der Waals surface area contributed by atoms with E-state index in [4.69, 9.17) is 10.4 Å². The van der Waals surface area contributed by atoms with Gasteiger partial charge in [-0.2, -0.15) is 9.97 Å². The predicted octanol–water partition coefficient (Wildman–Crippen LogP) is -0.0611. The number of aromatic nitrogens is 4. The third-order valence-electron chi connectivity index (χ3n) is 1.91. The number of nitrogens with two attached hydrogens (primary N) is 1. The fraction of sp³-hybridized carbons (Fsp3) is 0.250. The summed E-state index contributed by atoms with van der Waals surface area (Å²) in [5, 5.41) is 6.23. The van der Waals surface area contributed by atoms with Crippen LogP contribution in [0.2, 0.25) is 0 Å². The molecule has 0 unspecified atom stereocenters. The molecule has 0 bridgehead atoms. The Kier molecular flexibility index (Phi) is 3.40. The Bertz CT molecular complexity index is 475. The average molecular weight is 239 g/mol. The van der Waals surface area contributed by atoms with Crippen LogP contribution in [0.1, 0.15) is 5.89 Å². The van der Waals surface area contributed by atoms with Crippen LogP contribution >= 0.6 is 0 Å².